The lowest BCUT2D eigenvalue weighted by atomic mass is 10.1. The molecule has 3 N–H and O–H groups in total. The first-order valence-corrected chi connectivity index (χ1v) is 8.58. The predicted molar refractivity (Wildman–Crippen MR) is 98.7 cm³/mol. The highest BCUT2D eigenvalue weighted by Gasteiger charge is 2.08. The molecule has 0 aliphatic heterocycles. The van der Waals surface area contributed by atoms with Gasteiger partial charge in [0.25, 0.3) is 5.91 Å². The lowest BCUT2D eigenvalue weighted by molar-refractivity contribution is -0.137. The topological polar surface area (TPSA) is 95.5 Å². The molecule has 6 nitrogen and oxygen atoms in total. The van der Waals surface area contributed by atoms with E-state index in [1.54, 1.807) is 18.2 Å². The van der Waals surface area contributed by atoms with Crippen LogP contribution in [0.3, 0.4) is 0 Å². The first kappa shape index (κ1) is 20.1. The van der Waals surface area contributed by atoms with Gasteiger partial charge in [-0.15, -0.1) is 0 Å². The summed E-state index contributed by atoms with van der Waals surface area (Å²) >= 11 is 0. The summed E-state index contributed by atoms with van der Waals surface area (Å²) in [5.41, 5.74) is 1.55. The fraction of sp³-hybridized carbons (Fsp3) is 0.250. The van der Waals surface area contributed by atoms with Crippen LogP contribution in [0.5, 0.6) is 0 Å². The summed E-state index contributed by atoms with van der Waals surface area (Å²) in [7, 11) is 0. The number of unbranched alkanes of at least 4 members (excludes halogenated alkanes) is 1. The van der Waals surface area contributed by atoms with Crippen molar-refractivity contribution in [2.24, 2.45) is 0 Å². The van der Waals surface area contributed by atoms with Crippen LogP contribution >= 0.6 is 0 Å². The molecule has 0 saturated carbocycles. The summed E-state index contributed by atoms with van der Waals surface area (Å²) in [6.45, 7) is 0.293. The van der Waals surface area contributed by atoms with Crippen molar-refractivity contribution in [2.75, 3.05) is 5.32 Å². The van der Waals surface area contributed by atoms with E-state index in [1.165, 1.54) is 18.2 Å². The Morgan fingerprint density at radius 3 is 2.44 bits per heavy atom. The van der Waals surface area contributed by atoms with Gasteiger partial charge in [0.05, 0.1) is 0 Å². The highest BCUT2D eigenvalue weighted by molar-refractivity contribution is 6.04. The van der Waals surface area contributed by atoms with Gasteiger partial charge >= 0.3 is 5.97 Å². The Hall–Kier alpha value is -3.22. The Morgan fingerprint density at radius 2 is 1.70 bits per heavy atom. The summed E-state index contributed by atoms with van der Waals surface area (Å²) in [6.07, 6.45) is 1.30. The van der Waals surface area contributed by atoms with Crippen LogP contribution < -0.4 is 10.6 Å². The van der Waals surface area contributed by atoms with Gasteiger partial charge in [0, 0.05) is 30.6 Å². The average molecular weight is 372 g/mol. The van der Waals surface area contributed by atoms with E-state index in [-0.39, 0.29) is 24.3 Å². The molecule has 27 heavy (non-hydrogen) atoms. The molecule has 0 aliphatic carbocycles. The van der Waals surface area contributed by atoms with E-state index in [2.05, 4.69) is 10.6 Å². The van der Waals surface area contributed by atoms with Crippen LogP contribution in [0.1, 0.15) is 41.6 Å². The number of anilines is 1. The standard InChI is InChI=1S/C20H21FN2O4/c21-16-7-4-6-15(12-16)20(27)23-17-8-3-5-14(11-17)13-22-18(24)9-1-2-10-19(25)26/h3-8,11-12H,1-2,9-10,13H2,(H,22,24)(H,23,27)(H,25,26). The fourth-order valence-electron chi connectivity index (χ4n) is 2.44. The van der Waals surface area contributed by atoms with Crippen LogP contribution in [-0.4, -0.2) is 22.9 Å². The number of rotatable bonds is 9. The third-order valence-electron chi connectivity index (χ3n) is 3.81. The third kappa shape index (κ3) is 7.27. The highest BCUT2D eigenvalue weighted by Crippen LogP contribution is 2.13. The lowest BCUT2D eigenvalue weighted by Gasteiger charge is -2.09. The van der Waals surface area contributed by atoms with Crippen LogP contribution in [0.15, 0.2) is 48.5 Å². The number of carboxylic acids is 1. The molecule has 0 heterocycles. The van der Waals surface area contributed by atoms with Crippen molar-refractivity contribution in [1.29, 1.82) is 0 Å². The van der Waals surface area contributed by atoms with E-state index in [9.17, 15) is 18.8 Å². The monoisotopic (exact) mass is 372 g/mol. The molecule has 0 spiro atoms. The molecule has 0 bridgehead atoms. The van der Waals surface area contributed by atoms with E-state index < -0.39 is 17.7 Å². The SMILES string of the molecule is O=C(O)CCCCC(=O)NCc1cccc(NC(=O)c2cccc(F)c2)c1. The van der Waals surface area contributed by atoms with Gasteiger partial charge in [-0.25, -0.2) is 4.39 Å². The van der Waals surface area contributed by atoms with Gasteiger partial charge in [-0.05, 0) is 48.7 Å². The number of hydrogen-bond acceptors (Lipinski definition) is 3. The van der Waals surface area contributed by atoms with Gasteiger partial charge in [-0.3, -0.25) is 14.4 Å². The molecule has 0 aromatic heterocycles. The molecule has 0 saturated heterocycles. The van der Waals surface area contributed by atoms with Crippen molar-refractivity contribution < 1.29 is 23.9 Å². The second-order valence-corrected chi connectivity index (χ2v) is 6.04. The zero-order valence-corrected chi connectivity index (χ0v) is 14.7. The molecular formula is C20H21FN2O4. The minimum absolute atomic E-state index is 0.0559. The number of carbonyl (C=O) groups excluding carboxylic acids is 2. The smallest absolute Gasteiger partial charge is 0.303 e. The summed E-state index contributed by atoms with van der Waals surface area (Å²) in [5, 5.41) is 14.0. The maximum Gasteiger partial charge on any atom is 0.303 e. The van der Waals surface area contributed by atoms with E-state index in [0.717, 1.165) is 11.6 Å². The Balaban J connectivity index is 1.83. The number of nitrogens with one attached hydrogen (secondary N) is 2. The Bertz CT molecular complexity index is 823. The van der Waals surface area contributed by atoms with E-state index in [0.29, 0.717) is 25.1 Å². The van der Waals surface area contributed by atoms with Crippen molar-refractivity contribution in [1.82, 2.24) is 5.32 Å². The van der Waals surface area contributed by atoms with Crippen LogP contribution in [0, 0.1) is 5.82 Å². The molecule has 2 aromatic rings. The number of halogens is 1. The minimum Gasteiger partial charge on any atom is -0.481 e. The van der Waals surface area contributed by atoms with Crippen LogP contribution in [-0.2, 0) is 16.1 Å². The predicted octanol–water partition coefficient (Wildman–Crippen LogP) is 3.34. The Morgan fingerprint density at radius 1 is 0.963 bits per heavy atom. The summed E-state index contributed by atoms with van der Waals surface area (Å²) < 4.78 is 13.2. The van der Waals surface area contributed by atoms with E-state index in [4.69, 9.17) is 5.11 Å². The molecule has 2 aromatic carbocycles. The quantitative estimate of drug-likeness (QED) is 0.588. The molecule has 0 radical (unpaired) electrons. The van der Waals surface area contributed by atoms with Crippen molar-refractivity contribution in [3.05, 3.63) is 65.5 Å². The van der Waals surface area contributed by atoms with Gasteiger partial charge in [0.2, 0.25) is 5.91 Å². The van der Waals surface area contributed by atoms with E-state index in [1.807, 2.05) is 6.07 Å². The summed E-state index contributed by atoms with van der Waals surface area (Å²) in [6, 6.07) is 12.4. The molecule has 142 valence electrons. The van der Waals surface area contributed by atoms with Crippen LogP contribution in [0.25, 0.3) is 0 Å². The number of hydrogen-bond donors (Lipinski definition) is 3. The van der Waals surface area contributed by atoms with Gasteiger partial charge in [-0.2, -0.15) is 0 Å². The molecule has 0 aliphatic rings. The Kier molecular flexibility index (Phi) is 7.49. The molecule has 0 unspecified atom stereocenters. The van der Waals surface area contributed by atoms with Crippen molar-refractivity contribution in [2.45, 2.75) is 32.2 Å². The second-order valence-electron chi connectivity index (χ2n) is 6.04. The number of carbonyl (C=O) groups is 3. The number of aliphatic carboxylic acids is 1. The maximum absolute atomic E-state index is 13.2. The van der Waals surface area contributed by atoms with Crippen molar-refractivity contribution in [3.8, 4) is 0 Å². The zero-order valence-electron chi connectivity index (χ0n) is 14.7. The molecule has 2 amide bonds. The molecule has 0 fully saturated rings. The zero-order chi connectivity index (χ0) is 19.6. The van der Waals surface area contributed by atoms with Crippen LogP contribution in [0.2, 0.25) is 0 Å². The normalized spacial score (nSPS) is 10.3. The molecule has 2 rings (SSSR count). The number of carboxylic acid groups (broad SMARTS) is 1. The van der Waals surface area contributed by atoms with Gasteiger partial charge in [0.1, 0.15) is 5.82 Å². The second kappa shape index (κ2) is 10.1. The highest BCUT2D eigenvalue weighted by atomic mass is 19.1. The first-order chi connectivity index (χ1) is 12.9. The summed E-state index contributed by atoms with van der Waals surface area (Å²) in [4.78, 5) is 34.3. The van der Waals surface area contributed by atoms with Crippen molar-refractivity contribution >= 4 is 23.5 Å². The maximum atomic E-state index is 13.2. The van der Waals surface area contributed by atoms with Crippen molar-refractivity contribution in [3.63, 3.8) is 0 Å². The van der Waals surface area contributed by atoms with Gasteiger partial charge in [-0.1, -0.05) is 18.2 Å². The molecule has 0 atom stereocenters. The van der Waals surface area contributed by atoms with E-state index >= 15 is 0 Å². The molecular weight excluding hydrogens is 351 g/mol. The van der Waals surface area contributed by atoms with Crippen LogP contribution in [0.4, 0.5) is 10.1 Å². The van der Waals surface area contributed by atoms with Gasteiger partial charge in [0.15, 0.2) is 0 Å². The molecule has 7 heteroatoms. The van der Waals surface area contributed by atoms with Gasteiger partial charge < -0.3 is 15.7 Å². The minimum atomic E-state index is -0.868. The average Bonchev–Trinajstić information content (AvgIpc) is 2.64. The fourth-order valence-corrected chi connectivity index (χ4v) is 2.44. The first-order valence-electron chi connectivity index (χ1n) is 8.58. The largest absolute Gasteiger partial charge is 0.481 e. The Labute approximate surface area is 156 Å². The number of amides is 2. The number of benzene rings is 2. The lowest BCUT2D eigenvalue weighted by Crippen LogP contribution is -2.22. The summed E-state index contributed by atoms with van der Waals surface area (Å²) in [5.74, 6) is -1.93. The third-order valence-corrected chi connectivity index (χ3v) is 3.81.